The molecule has 2 amide bonds. The third-order valence-electron chi connectivity index (χ3n) is 3.16. The minimum atomic E-state index is -1.25. The molecule has 1 aliphatic rings. The molecule has 0 aromatic rings. The smallest absolute Gasteiger partial charge is 0.326 e. The summed E-state index contributed by atoms with van der Waals surface area (Å²) in [5, 5.41) is 11.2. The Kier molecular flexibility index (Phi) is 5.08. The van der Waals surface area contributed by atoms with Crippen molar-refractivity contribution in [1.82, 2.24) is 5.32 Å². The van der Waals surface area contributed by atoms with Crippen LogP contribution in [0.15, 0.2) is 0 Å². The van der Waals surface area contributed by atoms with Crippen molar-refractivity contribution in [2.45, 2.75) is 44.2 Å². The van der Waals surface area contributed by atoms with Crippen molar-refractivity contribution in [2.24, 2.45) is 17.4 Å². The quantitative estimate of drug-likeness (QED) is 0.498. The number of nitrogens with one attached hydrogen (secondary N) is 1. The highest BCUT2D eigenvalue weighted by atomic mass is 16.4. The zero-order valence-corrected chi connectivity index (χ0v) is 10.1. The maximum absolute atomic E-state index is 11.8. The van der Waals surface area contributed by atoms with Crippen molar-refractivity contribution < 1.29 is 19.5 Å². The number of hydrogen-bond acceptors (Lipinski definition) is 4. The Labute approximate surface area is 105 Å². The molecule has 1 aliphatic carbocycles. The number of nitrogens with two attached hydrogens (primary N) is 2. The molecular weight excluding hydrogens is 238 g/mol. The molecule has 102 valence electrons. The van der Waals surface area contributed by atoms with Crippen molar-refractivity contribution in [3.8, 4) is 0 Å². The Balaban J connectivity index is 2.50. The van der Waals surface area contributed by atoms with E-state index >= 15 is 0 Å². The fourth-order valence-electron chi connectivity index (χ4n) is 2.07. The monoisotopic (exact) mass is 257 g/mol. The number of carboxylic acid groups (broad SMARTS) is 1. The Morgan fingerprint density at radius 3 is 2.22 bits per heavy atom. The Hall–Kier alpha value is -1.63. The number of carbonyl (C=O) groups is 3. The SMILES string of the molecule is NC(=O)C[C@@H](NC(=O)C1CCC(N)CC1)C(=O)O. The average molecular weight is 257 g/mol. The molecule has 0 aromatic carbocycles. The van der Waals surface area contributed by atoms with E-state index in [4.69, 9.17) is 16.6 Å². The maximum Gasteiger partial charge on any atom is 0.326 e. The molecule has 0 bridgehead atoms. The Morgan fingerprint density at radius 1 is 1.22 bits per heavy atom. The first-order valence-corrected chi connectivity index (χ1v) is 5.97. The van der Waals surface area contributed by atoms with Crippen molar-refractivity contribution in [3.63, 3.8) is 0 Å². The fourth-order valence-corrected chi connectivity index (χ4v) is 2.07. The highest BCUT2D eigenvalue weighted by Crippen LogP contribution is 2.23. The molecule has 0 spiro atoms. The van der Waals surface area contributed by atoms with Gasteiger partial charge in [-0.1, -0.05) is 0 Å². The van der Waals surface area contributed by atoms with Crippen LogP contribution in [0.25, 0.3) is 0 Å². The Morgan fingerprint density at radius 2 is 1.78 bits per heavy atom. The molecule has 1 fully saturated rings. The van der Waals surface area contributed by atoms with Crippen LogP contribution in [0, 0.1) is 5.92 Å². The molecule has 0 aromatic heterocycles. The van der Waals surface area contributed by atoms with Gasteiger partial charge in [-0.05, 0) is 25.7 Å². The minimum Gasteiger partial charge on any atom is -0.480 e. The highest BCUT2D eigenvalue weighted by molar-refractivity contribution is 5.88. The second-order valence-corrected chi connectivity index (χ2v) is 4.68. The summed E-state index contributed by atoms with van der Waals surface area (Å²) in [5.74, 6) is -2.57. The predicted octanol–water partition coefficient (Wildman–Crippen LogP) is -1.05. The van der Waals surface area contributed by atoms with Gasteiger partial charge in [-0.25, -0.2) is 4.79 Å². The van der Waals surface area contributed by atoms with E-state index in [1.807, 2.05) is 0 Å². The van der Waals surface area contributed by atoms with Gasteiger partial charge in [0.2, 0.25) is 11.8 Å². The maximum atomic E-state index is 11.8. The lowest BCUT2D eigenvalue weighted by molar-refractivity contribution is -0.144. The molecule has 7 heteroatoms. The molecule has 0 heterocycles. The summed E-state index contributed by atoms with van der Waals surface area (Å²) >= 11 is 0. The molecule has 0 radical (unpaired) electrons. The van der Waals surface area contributed by atoms with E-state index in [0.717, 1.165) is 12.8 Å². The van der Waals surface area contributed by atoms with E-state index in [-0.39, 0.29) is 17.9 Å². The molecule has 0 aliphatic heterocycles. The summed E-state index contributed by atoms with van der Waals surface area (Å²) in [6.45, 7) is 0. The van der Waals surface area contributed by atoms with Crippen LogP contribution in [-0.2, 0) is 14.4 Å². The van der Waals surface area contributed by atoms with Gasteiger partial charge in [-0.15, -0.1) is 0 Å². The summed E-state index contributed by atoms with van der Waals surface area (Å²) in [7, 11) is 0. The van der Waals surface area contributed by atoms with Crippen molar-refractivity contribution in [3.05, 3.63) is 0 Å². The van der Waals surface area contributed by atoms with Crippen LogP contribution < -0.4 is 16.8 Å². The van der Waals surface area contributed by atoms with E-state index in [0.29, 0.717) is 12.8 Å². The van der Waals surface area contributed by atoms with Crippen molar-refractivity contribution >= 4 is 17.8 Å². The largest absolute Gasteiger partial charge is 0.480 e. The van der Waals surface area contributed by atoms with Gasteiger partial charge in [0.1, 0.15) is 6.04 Å². The second kappa shape index (κ2) is 6.34. The lowest BCUT2D eigenvalue weighted by atomic mass is 9.86. The number of rotatable bonds is 5. The number of carboxylic acids is 1. The summed E-state index contributed by atoms with van der Waals surface area (Å²) in [6, 6.07) is -1.12. The first kappa shape index (κ1) is 14.4. The van der Waals surface area contributed by atoms with Crippen molar-refractivity contribution in [1.29, 1.82) is 0 Å². The van der Waals surface area contributed by atoms with E-state index in [1.165, 1.54) is 0 Å². The predicted molar refractivity (Wildman–Crippen MR) is 63.3 cm³/mol. The molecule has 18 heavy (non-hydrogen) atoms. The van der Waals surface area contributed by atoms with Crippen LogP contribution in [0.5, 0.6) is 0 Å². The minimum absolute atomic E-state index is 0.120. The molecule has 6 N–H and O–H groups in total. The van der Waals surface area contributed by atoms with Crippen LogP contribution in [-0.4, -0.2) is 35.0 Å². The van der Waals surface area contributed by atoms with Crippen LogP contribution in [0.1, 0.15) is 32.1 Å². The van der Waals surface area contributed by atoms with Gasteiger partial charge in [-0.3, -0.25) is 9.59 Å². The first-order valence-electron chi connectivity index (χ1n) is 5.97. The van der Waals surface area contributed by atoms with E-state index < -0.39 is 24.3 Å². The van der Waals surface area contributed by atoms with Crippen molar-refractivity contribution in [2.75, 3.05) is 0 Å². The number of carbonyl (C=O) groups excluding carboxylic acids is 2. The van der Waals surface area contributed by atoms with Gasteiger partial charge in [0.15, 0.2) is 0 Å². The van der Waals surface area contributed by atoms with Crippen LogP contribution >= 0.6 is 0 Å². The standard InChI is InChI=1S/C11H19N3O4/c12-7-3-1-6(2-4-7)10(16)14-8(11(17)18)5-9(13)15/h6-8H,1-5,12H2,(H2,13,15)(H,14,16)(H,17,18)/t6?,7?,8-/m1/s1. The van der Waals surface area contributed by atoms with Gasteiger partial charge in [0.25, 0.3) is 0 Å². The molecule has 1 atom stereocenters. The lowest BCUT2D eigenvalue weighted by Gasteiger charge is -2.26. The van der Waals surface area contributed by atoms with E-state index in [9.17, 15) is 14.4 Å². The lowest BCUT2D eigenvalue weighted by Crippen LogP contribution is -2.46. The molecule has 0 unspecified atom stereocenters. The van der Waals surface area contributed by atoms with Gasteiger partial charge < -0.3 is 21.9 Å². The summed E-state index contributed by atoms with van der Waals surface area (Å²) in [6.07, 6.45) is 2.41. The zero-order chi connectivity index (χ0) is 13.7. The van der Waals surface area contributed by atoms with E-state index in [2.05, 4.69) is 5.32 Å². The van der Waals surface area contributed by atoms with Gasteiger partial charge in [0, 0.05) is 12.0 Å². The Bertz CT molecular complexity index is 337. The summed E-state index contributed by atoms with van der Waals surface area (Å²) in [4.78, 5) is 33.4. The molecule has 7 nitrogen and oxygen atoms in total. The van der Waals surface area contributed by atoms with Gasteiger partial charge >= 0.3 is 5.97 Å². The average Bonchev–Trinajstić information content (AvgIpc) is 2.28. The summed E-state index contributed by atoms with van der Waals surface area (Å²) < 4.78 is 0. The second-order valence-electron chi connectivity index (χ2n) is 4.68. The molecule has 0 saturated heterocycles. The van der Waals surface area contributed by atoms with Gasteiger partial charge in [0.05, 0.1) is 6.42 Å². The third kappa shape index (κ3) is 4.33. The third-order valence-corrected chi connectivity index (χ3v) is 3.16. The van der Waals surface area contributed by atoms with Gasteiger partial charge in [-0.2, -0.15) is 0 Å². The first-order chi connectivity index (χ1) is 8.40. The molecule has 1 rings (SSSR count). The van der Waals surface area contributed by atoms with E-state index in [1.54, 1.807) is 0 Å². The zero-order valence-electron chi connectivity index (χ0n) is 10.1. The van der Waals surface area contributed by atoms with Crippen LogP contribution in [0.4, 0.5) is 0 Å². The van der Waals surface area contributed by atoms with Crippen LogP contribution in [0.2, 0.25) is 0 Å². The number of amides is 2. The summed E-state index contributed by atoms with van der Waals surface area (Å²) in [5.41, 5.74) is 10.7. The molecular formula is C11H19N3O4. The number of hydrogen-bond donors (Lipinski definition) is 4. The number of primary amides is 1. The normalized spacial score (nSPS) is 25.2. The number of aliphatic carboxylic acids is 1. The molecule has 1 saturated carbocycles. The van der Waals surface area contributed by atoms with Crippen LogP contribution in [0.3, 0.4) is 0 Å². The topological polar surface area (TPSA) is 136 Å². The highest BCUT2D eigenvalue weighted by Gasteiger charge is 2.28. The fraction of sp³-hybridized carbons (Fsp3) is 0.727.